The maximum Gasteiger partial charge on any atom is 0.0121 e. The van der Waals surface area contributed by atoms with Gasteiger partial charge in [-0.3, -0.25) is 0 Å². The van der Waals surface area contributed by atoms with Gasteiger partial charge in [-0.2, -0.15) is 0 Å². The van der Waals surface area contributed by atoms with Gasteiger partial charge in [0.2, 0.25) is 0 Å². The lowest BCUT2D eigenvalue weighted by atomic mass is 9.82. The zero-order valence-corrected chi connectivity index (χ0v) is 12.6. The standard InChI is InChI=1S/C16H32N2/c1-4-17-14-9-7-10-15(12-14)18(3)16-11-6-5-8-13(16)2/h13-17H,4-12H2,1-3H3. The molecule has 0 bridgehead atoms. The molecule has 1 N–H and O–H groups in total. The van der Waals surface area contributed by atoms with E-state index in [0.29, 0.717) is 0 Å². The highest BCUT2D eigenvalue weighted by Crippen LogP contribution is 2.32. The minimum atomic E-state index is 0.773. The molecule has 0 amide bonds. The highest BCUT2D eigenvalue weighted by atomic mass is 15.2. The van der Waals surface area contributed by atoms with Gasteiger partial charge in [0.15, 0.2) is 0 Å². The average molecular weight is 252 g/mol. The van der Waals surface area contributed by atoms with E-state index in [9.17, 15) is 0 Å². The molecule has 2 fully saturated rings. The Bertz CT molecular complexity index is 239. The van der Waals surface area contributed by atoms with Crippen LogP contribution >= 0.6 is 0 Å². The quantitative estimate of drug-likeness (QED) is 0.825. The fraction of sp³-hybridized carbons (Fsp3) is 1.00. The van der Waals surface area contributed by atoms with Crippen LogP contribution in [0.2, 0.25) is 0 Å². The van der Waals surface area contributed by atoms with E-state index in [-0.39, 0.29) is 0 Å². The molecule has 0 radical (unpaired) electrons. The van der Waals surface area contributed by atoms with E-state index >= 15 is 0 Å². The van der Waals surface area contributed by atoms with Gasteiger partial charge in [-0.05, 0) is 51.6 Å². The van der Waals surface area contributed by atoms with E-state index < -0.39 is 0 Å². The molecule has 2 saturated carbocycles. The fourth-order valence-corrected chi connectivity index (χ4v) is 4.18. The minimum absolute atomic E-state index is 0.773. The van der Waals surface area contributed by atoms with Crippen molar-refractivity contribution in [1.82, 2.24) is 10.2 Å². The Balaban J connectivity index is 1.88. The van der Waals surface area contributed by atoms with Crippen LogP contribution in [0.3, 0.4) is 0 Å². The van der Waals surface area contributed by atoms with Gasteiger partial charge in [-0.25, -0.2) is 0 Å². The summed E-state index contributed by atoms with van der Waals surface area (Å²) < 4.78 is 0. The minimum Gasteiger partial charge on any atom is -0.314 e. The summed E-state index contributed by atoms with van der Waals surface area (Å²) >= 11 is 0. The van der Waals surface area contributed by atoms with E-state index in [1.54, 1.807) is 0 Å². The molecule has 0 aromatic carbocycles. The maximum atomic E-state index is 3.66. The third-order valence-corrected chi connectivity index (χ3v) is 5.30. The first-order valence-electron chi connectivity index (χ1n) is 8.17. The number of hydrogen-bond acceptors (Lipinski definition) is 2. The summed E-state index contributed by atoms with van der Waals surface area (Å²) in [6.45, 7) is 5.82. The summed E-state index contributed by atoms with van der Waals surface area (Å²) in [6, 6.07) is 2.45. The molecule has 0 aromatic heterocycles. The molecule has 0 aromatic rings. The van der Waals surface area contributed by atoms with Crippen LogP contribution in [-0.4, -0.2) is 36.6 Å². The van der Waals surface area contributed by atoms with Gasteiger partial charge in [0.1, 0.15) is 0 Å². The lowest BCUT2D eigenvalue weighted by Crippen LogP contribution is -2.49. The Labute approximate surface area is 114 Å². The van der Waals surface area contributed by atoms with Crippen molar-refractivity contribution in [1.29, 1.82) is 0 Å². The Morgan fingerprint density at radius 2 is 1.83 bits per heavy atom. The Morgan fingerprint density at radius 3 is 2.56 bits per heavy atom. The second kappa shape index (κ2) is 6.91. The number of nitrogens with zero attached hydrogens (tertiary/aromatic N) is 1. The molecule has 0 aliphatic heterocycles. The van der Waals surface area contributed by atoms with E-state index in [1.165, 1.54) is 51.4 Å². The van der Waals surface area contributed by atoms with Crippen LogP contribution in [0.1, 0.15) is 65.2 Å². The van der Waals surface area contributed by atoms with Gasteiger partial charge >= 0.3 is 0 Å². The highest BCUT2D eigenvalue weighted by molar-refractivity contribution is 4.88. The first-order valence-corrected chi connectivity index (χ1v) is 8.17. The summed E-state index contributed by atoms with van der Waals surface area (Å²) in [5.41, 5.74) is 0. The summed E-state index contributed by atoms with van der Waals surface area (Å²) in [5.74, 6) is 0.906. The Kier molecular flexibility index (Phi) is 5.50. The molecule has 106 valence electrons. The van der Waals surface area contributed by atoms with Crippen molar-refractivity contribution in [2.24, 2.45) is 5.92 Å². The van der Waals surface area contributed by atoms with Crippen molar-refractivity contribution < 1.29 is 0 Å². The number of hydrogen-bond donors (Lipinski definition) is 1. The van der Waals surface area contributed by atoms with Crippen LogP contribution in [0.4, 0.5) is 0 Å². The SMILES string of the molecule is CCNC1CCCC(N(C)C2CCCCC2C)C1. The van der Waals surface area contributed by atoms with Crippen LogP contribution in [0.25, 0.3) is 0 Å². The normalized spacial score (nSPS) is 38.0. The Morgan fingerprint density at radius 1 is 1.06 bits per heavy atom. The van der Waals surface area contributed by atoms with Crippen molar-refractivity contribution >= 4 is 0 Å². The summed E-state index contributed by atoms with van der Waals surface area (Å²) in [6.07, 6.45) is 11.4. The molecule has 4 atom stereocenters. The molecular formula is C16H32N2. The maximum absolute atomic E-state index is 3.66. The van der Waals surface area contributed by atoms with Crippen molar-refractivity contribution in [2.75, 3.05) is 13.6 Å². The third kappa shape index (κ3) is 3.48. The summed E-state index contributed by atoms with van der Waals surface area (Å²) in [7, 11) is 2.39. The Hall–Kier alpha value is -0.0800. The first-order chi connectivity index (χ1) is 8.72. The van der Waals surface area contributed by atoms with Gasteiger partial charge in [0.25, 0.3) is 0 Å². The molecule has 2 rings (SSSR count). The molecule has 0 spiro atoms. The third-order valence-electron chi connectivity index (χ3n) is 5.30. The molecule has 2 heteroatoms. The van der Waals surface area contributed by atoms with Crippen LogP contribution in [-0.2, 0) is 0 Å². The molecular weight excluding hydrogens is 220 g/mol. The molecule has 0 heterocycles. The highest BCUT2D eigenvalue weighted by Gasteiger charge is 2.31. The topological polar surface area (TPSA) is 15.3 Å². The van der Waals surface area contributed by atoms with Crippen LogP contribution in [0, 0.1) is 5.92 Å². The second-order valence-electron chi connectivity index (χ2n) is 6.57. The molecule has 2 aliphatic rings. The molecule has 18 heavy (non-hydrogen) atoms. The van der Waals surface area contributed by atoms with Crippen LogP contribution in [0.5, 0.6) is 0 Å². The lowest BCUT2D eigenvalue weighted by molar-refractivity contribution is 0.0698. The predicted octanol–water partition coefficient (Wildman–Crippen LogP) is 3.42. The molecule has 4 unspecified atom stereocenters. The van der Waals surface area contributed by atoms with E-state index in [4.69, 9.17) is 0 Å². The average Bonchev–Trinajstić information content (AvgIpc) is 2.39. The van der Waals surface area contributed by atoms with E-state index in [2.05, 4.69) is 31.1 Å². The van der Waals surface area contributed by atoms with Gasteiger partial charge in [0, 0.05) is 18.1 Å². The van der Waals surface area contributed by atoms with E-state index in [0.717, 1.165) is 30.6 Å². The van der Waals surface area contributed by atoms with Crippen molar-refractivity contribution in [3.63, 3.8) is 0 Å². The first kappa shape index (κ1) is 14.3. The zero-order valence-electron chi connectivity index (χ0n) is 12.6. The monoisotopic (exact) mass is 252 g/mol. The van der Waals surface area contributed by atoms with Gasteiger partial charge in [0.05, 0.1) is 0 Å². The van der Waals surface area contributed by atoms with Gasteiger partial charge in [-0.1, -0.05) is 33.1 Å². The van der Waals surface area contributed by atoms with E-state index in [1.807, 2.05) is 0 Å². The summed E-state index contributed by atoms with van der Waals surface area (Å²) in [4.78, 5) is 2.74. The van der Waals surface area contributed by atoms with Crippen LogP contribution in [0.15, 0.2) is 0 Å². The lowest BCUT2D eigenvalue weighted by Gasteiger charge is -2.43. The fourth-order valence-electron chi connectivity index (χ4n) is 4.18. The molecule has 2 nitrogen and oxygen atoms in total. The largest absolute Gasteiger partial charge is 0.314 e. The predicted molar refractivity (Wildman–Crippen MR) is 78.9 cm³/mol. The summed E-state index contributed by atoms with van der Waals surface area (Å²) in [5, 5.41) is 3.66. The second-order valence-corrected chi connectivity index (χ2v) is 6.57. The van der Waals surface area contributed by atoms with Gasteiger partial charge < -0.3 is 10.2 Å². The van der Waals surface area contributed by atoms with Gasteiger partial charge in [-0.15, -0.1) is 0 Å². The van der Waals surface area contributed by atoms with Crippen molar-refractivity contribution in [2.45, 2.75) is 83.3 Å². The number of nitrogens with one attached hydrogen (secondary N) is 1. The zero-order chi connectivity index (χ0) is 13.0. The molecule has 2 aliphatic carbocycles. The smallest absolute Gasteiger partial charge is 0.0121 e. The molecule has 0 saturated heterocycles. The van der Waals surface area contributed by atoms with Crippen LogP contribution < -0.4 is 5.32 Å². The number of rotatable bonds is 4. The van der Waals surface area contributed by atoms with Crippen molar-refractivity contribution in [3.05, 3.63) is 0 Å². The van der Waals surface area contributed by atoms with Crippen molar-refractivity contribution in [3.8, 4) is 0 Å².